The van der Waals surface area contributed by atoms with Crippen LogP contribution in [0, 0.1) is 0 Å². The van der Waals surface area contributed by atoms with E-state index in [1.165, 1.54) is 0 Å². The maximum atomic E-state index is 13.7. The number of hydrogen-bond acceptors (Lipinski definition) is 15. The van der Waals surface area contributed by atoms with Crippen LogP contribution in [-0.4, -0.2) is 85.6 Å². The number of esters is 3. The zero-order valence-electron chi connectivity index (χ0n) is 32.0. The van der Waals surface area contributed by atoms with Gasteiger partial charge in [0.2, 0.25) is 11.9 Å². The molecule has 0 aliphatic carbocycles. The van der Waals surface area contributed by atoms with Crippen LogP contribution >= 0.6 is 0 Å². The van der Waals surface area contributed by atoms with Crippen LogP contribution in [0.15, 0.2) is 30.5 Å². The van der Waals surface area contributed by atoms with Crippen molar-refractivity contribution in [3.63, 3.8) is 0 Å². The largest absolute Gasteiger partial charge is 0.460 e. The molecule has 17 nitrogen and oxygen atoms in total. The smallest absolute Gasteiger partial charge is 0.329 e. The second kappa shape index (κ2) is 16.8. The molecule has 0 spiro atoms. The number of ether oxygens (including phenoxy) is 3. The Labute approximate surface area is 308 Å². The molecule has 288 valence electrons. The lowest BCUT2D eigenvalue weighted by molar-refractivity contribution is -0.165. The van der Waals surface area contributed by atoms with Crippen molar-refractivity contribution in [2.45, 2.75) is 117 Å². The van der Waals surface area contributed by atoms with E-state index in [2.05, 4.69) is 30.6 Å². The minimum Gasteiger partial charge on any atom is -0.460 e. The molecule has 3 rings (SSSR count). The molecule has 3 aromatic rings. The van der Waals surface area contributed by atoms with E-state index in [1.54, 1.807) is 92.8 Å². The number of anilines is 3. The maximum absolute atomic E-state index is 13.7. The van der Waals surface area contributed by atoms with Gasteiger partial charge in [-0.15, -0.1) is 0 Å². The van der Waals surface area contributed by atoms with Gasteiger partial charge in [0.1, 0.15) is 28.9 Å². The molecule has 17 heteroatoms. The summed E-state index contributed by atoms with van der Waals surface area (Å²) in [6, 6.07) is 3.79. The topological polar surface area (TPSA) is 244 Å². The number of carbonyl (C=O) groups excluding carboxylic acids is 5. The van der Waals surface area contributed by atoms with E-state index in [9.17, 15) is 24.0 Å². The number of nitrogens with one attached hydrogen (secondary N) is 2. The molecular formula is C36H51N9O8. The van der Waals surface area contributed by atoms with E-state index in [4.69, 9.17) is 25.7 Å². The van der Waals surface area contributed by atoms with E-state index >= 15 is 0 Å². The Morgan fingerprint density at radius 1 is 0.774 bits per heavy atom. The number of fused-ring (bicyclic) bond motifs is 1. The highest BCUT2D eigenvalue weighted by molar-refractivity contribution is 5.99. The van der Waals surface area contributed by atoms with Crippen molar-refractivity contribution < 1.29 is 38.2 Å². The first-order valence-electron chi connectivity index (χ1n) is 17.0. The molecule has 0 aliphatic heterocycles. The third-order valence-corrected chi connectivity index (χ3v) is 6.95. The molecule has 0 fully saturated rings. The van der Waals surface area contributed by atoms with Crippen molar-refractivity contribution in [1.82, 2.24) is 30.6 Å². The summed E-state index contributed by atoms with van der Waals surface area (Å²) in [5.74, 6) is -3.54. The number of aromatic nitrogens is 4. The van der Waals surface area contributed by atoms with E-state index in [0.717, 1.165) is 5.69 Å². The molecule has 53 heavy (non-hydrogen) atoms. The third-order valence-electron chi connectivity index (χ3n) is 6.95. The summed E-state index contributed by atoms with van der Waals surface area (Å²) < 4.78 is 16.2. The normalized spacial score (nSPS) is 13.0. The zero-order chi connectivity index (χ0) is 39.9. The average molecular weight is 738 g/mol. The van der Waals surface area contributed by atoms with E-state index in [-0.39, 0.29) is 35.8 Å². The molecule has 0 saturated carbocycles. The quantitative estimate of drug-likeness (QED) is 0.146. The number of nitrogen functional groups attached to an aromatic ring is 2. The summed E-state index contributed by atoms with van der Waals surface area (Å²) in [6.07, 6.45) is 0.622. The highest BCUT2D eigenvalue weighted by Gasteiger charge is 2.34. The molecule has 0 radical (unpaired) electrons. The Bertz CT molecular complexity index is 1810. The molecule has 0 saturated heterocycles. The molecular weight excluding hydrogens is 686 g/mol. The number of rotatable bonds is 13. The highest BCUT2D eigenvalue weighted by Crippen LogP contribution is 2.20. The van der Waals surface area contributed by atoms with Crippen LogP contribution < -0.4 is 27.0 Å². The average Bonchev–Trinajstić information content (AvgIpc) is 3.00. The number of nitrogens with two attached hydrogens (primary N) is 2. The summed E-state index contributed by atoms with van der Waals surface area (Å²) in [5, 5.41) is 5.19. The van der Waals surface area contributed by atoms with Crippen molar-refractivity contribution in [3.05, 3.63) is 41.7 Å². The highest BCUT2D eigenvalue weighted by atomic mass is 16.6. The van der Waals surface area contributed by atoms with Gasteiger partial charge in [-0.05, 0) is 93.0 Å². The van der Waals surface area contributed by atoms with Crippen LogP contribution in [0.25, 0.3) is 11.2 Å². The monoisotopic (exact) mass is 737 g/mol. The molecule has 0 aliphatic rings. The van der Waals surface area contributed by atoms with Crippen molar-refractivity contribution in [2.24, 2.45) is 0 Å². The summed E-state index contributed by atoms with van der Waals surface area (Å²) >= 11 is 0. The number of carbonyl (C=O) groups is 5. The molecule has 0 unspecified atom stereocenters. The summed E-state index contributed by atoms with van der Waals surface area (Å²) in [5.41, 5.74) is 11.2. The number of nitrogens with zero attached hydrogens (tertiary/aromatic N) is 5. The van der Waals surface area contributed by atoms with Gasteiger partial charge in [-0.2, -0.15) is 9.97 Å². The van der Waals surface area contributed by atoms with Gasteiger partial charge in [0.05, 0.1) is 24.9 Å². The first-order chi connectivity index (χ1) is 24.4. The summed E-state index contributed by atoms with van der Waals surface area (Å²) in [4.78, 5) is 84.3. The third kappa shape index (κ3) is 13.8. The van der Waals surface area contributed by atoms with Gasteiger partial charge in [0, 0.05) is 24.7 Å². The number of amides is 2. The fraction of sp³-hybridized carbons (Fsp3) is 0.528. The Kier molecular flexibility index (Phi) is 13.3. The van der Waals surface area contributed by atoms with Gasteiger partial charge >= 0.3 is 17.9 Å². The minimum absolute atomic E-state index is 0.00326. The van der Waals surface area contributed by atoms with Crippen LogP contribution in [0.2, 0.25) is 0 Å². The van der Waals surface area contributed by atoms with Crippen LogP contribution in [0.1, 0.15) is 97.6 Å². The van der Waals surface area contributed by atoms with Gasteiger partial charge in [0.15, 0.2) is 17.0 Å². The minimum atomic E-state index is -1.44. The van der Waals surface area contributed by atoms with E-state index in [0.29, 0.717) is 17.8 Å². The molecule has 2 aromatic heterocycles. The number of hydrogen-bond donors (Lipinski definition) is 4. The Hall–Kier alpha value is -5.61. The van der Waals surface area contributed by atoms with Gasteiger partial charge in [-0.3, -0.25) is 19.2 Å². The van der Waals surface area contributed by atoms with Crippen LogP contribution in [0.4, 0.5) is 17.5 Å². The predicted octanol–water partition coefficient (Wildman–Crippen LogP) is 3.00. The van der Waals surface area contributed by atoms with Crippen molar-refractivity contribution in [3.8, 4) is 0 Å². The fourth-order valence-electron chi connectivity index (χ4n) is 4.81. The van der Waals surface area contributed by atoms with Crippen molar-refractivity contribution >= 4 is 58.3 Å². The second-order valence-corrected chi connectivity index (χ2v) is 15.4. The fourth-order valence-corrected chi connectivity index (χ4v) is 4.81. The molecule has 0 bridgehead atoms. The maximum Gasteiger partial charge on any atom is 0.329 e. The Morgan fingerprint density at radius 3 is 1.94 bits per heavy atom. The van der Waals surface area contributed by atoms with Crippen LogP contribution in [0.5, 0.6) is 0 Å². The standard InChI is InChI=1S/C36H51N9O8/c1-34(2,3)51-25(46)16-15-23(31(49)42-24(32(50)53-36(7,8)9)17-26(47)52-35(4,5)6)41-30(48)20-11-13-22(14-12-20)45(10)19-21-18-39-29-27(40-21)28(37)43-33(38)44-29/h11-14,18,23-24H,15-17,19H2,1-10H3,(H,41,48)(H,42,49)(H4,37,38,39,43,44)/t23-,24-/m0/s1. The van der Waals surface area contributed by atoms with E-state index < -0.39 is 65.0 Å². The summed E-state index contributed by atoms with van der Waals surface area (Å²) in [6.45, 7) is 15.4. The van der Waals surface area contributed by atoms with Crippen LogP contribution in [-0.2, 0) is 39.9 Å². The molecule has 2 heterocycles. The predicted molar refractivity (Wildman–Crippen MR) is 197 cm³/mol. The second-order valence-electron chi connectivity index (χ2n) is 15.4. The molecule has 2 atom stereocenters. The first-order valence-corrected chi connectivity index (χ1v) is 17.0. The van der Waals surface area contributed by atoms with Crippen molar-refractivity contribution in [2.75, 3.05) is 23.4 Å². The van der Waals surface area contributed by atoms with Gasteiger partial charge in [0.25, 0.3) is 5.91 Å². The summed E-state index contributed by atoms with van der Waals surface area (Å²) in [7, 11) is 1.82. The SMILES string of the molecule is CN(Cc1cnc2nc(N)nc(N)c2n1)c1ccc(C(=O)N[C@@H](CCC(=O)OC(C)(C)C)C(=O)N[C@@H](CC(=O)OC(C)(C)C)C(=O)OC(C)(C)C)cc1. The molecule has 1 aromatic carbocycles. The van der Waals surface area contributed by atoms with Crippen molar-refractivity contribution in [1.29, 1.82) is 0 Å². The van der Waals surface area contributed by atoms with E-state index in [1.807, 2.05) is 11.9 Å². The lowest BCUT2D eigenvalue weighted by Crippen LogP contribution is -2.53. The van der Waals surface area contributed by atoms with Crippen LogP contribution in [0.3, 0.4) is 0 Å². The molecule has 6 N–H and O–H groups in total. The Morgan fingerprint density at radius 2 is 1.36 bits per heavy atom. The molecule has 2 amide bonds. The van der Waals surface area contributed by atoms with Gasteiger partial charge in [-0.1, -0.05) is 0 Å². The lowest BCUT2D eigenvalue weighted by Gasteiger charge is -2.27. The zero-order valence-corrected chi connectivity index (χ0v) is 32.0. The Balaban J connectivity index is 1.79. The van der Waals surface area contributed by atoms with Gasteiger partial charge < -0.3 is 41.2 Å². The first kappa shape index (κ1) is 41.8. The van der Waals surface area contributed by atoms with Gasteiger partial charge in [-0.25, -0.2) is 14.8 Å². The lowest BCUT2D eigenvalue weighted by atomic mass is 10.1. The number of benzene rings is 1.